The molecule has 1 aromatic heterocycles. The Bertz CT molecular complexity index is 1290. The predicted octanol–water partition coefficient (Wildman–Crippen LogP) is 5.45. The number of hydrogen-bond donors (Lipinski definition) is 1. The minimum absolute atomic E-state index is 0.319. The molecule has 164 valence electrons. The molecule has 0 fully saturated rings. The lowest BCUT2D eigenvalue weighted by Crippen LogP contribution is -2.30. The van der Waals surface area contributed by atoms with Crippen molar-refractivity contribution in [3.63, 3.8) is 0 Å². The third-order valence-corrected chi connectivity index (χ3v) is 5.39. The maximum atomic E-state index is 12.7. The molecule has 0 saturated heterocycles. The quantitative estimate of drug-likeness (QED) is 0.405. The zero-order valence-electron chi connectivity index (χ0n) is 17.6. The Morgan fingerprint density at radius 1 is 1.03 bits per heavy atom. The molecule has 0 aliphatic carbocycles. The van der Waals surface area contributed by atoms with Crippen molar-refractivity contribution in [3.05, 3.63) is 70.2 Å². The molecule has 7 nitrogen and oxygen atoms in total. The Morgan fingerprint density at radius 3 is 2.38 bits per heavy atom. The van der Waals surface area contributed by atoms with Gasteiger partial charge in [0, 0.05) is 10.7 Å². The summed E-state index contributed by atoms with van der Waals surface area (Å²) in [6, 6.07) is 15.9. The van der Waals surface area contributed by atoms with Gasteiger partial charge in [-0.25, -0.2) is 0 Å². The SMILES string of the molecule is COc1ccc(-n2nc3cc(C)c(NC(=O)C(C)Oc4ccc(Cl)cc4Cl)cc3n2)cc1. The summed E-state index contributed by atoms with van der Waals surface area (Å²) in [6.07, 6.45) is -0.779. The lowest BCUT2D eigenvalue weighted by atomic mass is 10.1. The number of benzene rings is 3. The van der Waals surface area contributed by atoms with E-state index in [2.05, 4.69) is 15.5 Å². The van der Waals surface area contributed by atoms with Crippen LogP contribution in [-0.2, 0) is 4.79 Å². The largest absolute Gasteiger partial charge is 0.497 e. The first-order valence-corrected chi connectivity index (χ1v) is 10.5. The zero-order valence-corrected chi connectivity index (χ0v) is 19.1. The topological polar surface area (TPSA) is 78.3 Å². The van der Waals surface area contributed by atoms with Crippen molar-refractivity contribution in [3.8, 4) is 17.2 Å². The van der Waals surface area contributed by atoms with Crippen LogP contribution in [0, 0.1) is 6.92 Å². The van der Waals surface area contributed by atoms with E-state index in [9.17, 15) is 4.79 Å². The van der Waals surface area contributed by atoms with Crippen molar-refractivity contribution >= 4 is 45.8 Å². The third-order valence-electron chi connectivity index (χ3n) is 4.85. The van der Waals surface area contributed by atoms with Crippen LogP contribution in [0.5, 0.6) is 11.5 Å². The van der Waals surface area contributed by atoms with E-state index in [0.29, 0.717) is 32.5 Å². The fraction of sp³-hybridized carbons (Fsp3) is 0.174. The second-order valence-electron chi connectivity index (χ2n) is 7.17. The molecular weight excluding hydrogens is 451 g/mol. The van der Waals surface area contributed by atoms with Gasteiger partial charge in [-0.05, 0) is 74.0 Å². The van der Waals surface area contributed by atoms with E-state index in [1.165, 1.54) is 0 Å². The number of amides is 1. The summed E-state index contributed by atoms with van der Waals surface area (Å²) in [7, 11) is 1.62. The number of fused-ring (bicyclic) bond motifs is 1. The highest BCUT2D eigenvalue weighted by atomic mass is 35.5. The van der Waals surface area contributed by atoms with E-state index in [1.807, 2.05) is 37.3 Å². The van der Waals surface area contributed by atoms with E-state index < -0.39 is 6.10 Å². The van der Waals surface area contributed by atoms with Gasteiger partial charge >= 0.3 is 0 Å². The van der Waals surface area contributed by atoms with Crippen LogP contribution in [0.3, 0.4) is 0 Å². The summed E-state index contributed by atoms with van der Waals surface area (Å²) < 4.78 is 10.9. The van der Waals surface area contributed by atoms with Crippen LogP contribution in [0.15, 0.2) is 54.6 Å². The monoisotopic (exact) mass is 470 g/mol. The lowest BCUT2D eigenvalue weighted by Gasteiger charge is -2.16. The van der Waals surface area contributed by atoms with Crippen LogP contribution in [0.25, 0.3) is 16.7 Å². The molecule has 1 heterocycles. The Balaban J connectivity index is 1.53. The number of anilines is 1. The van der Waals surface area contributed by atoms with E-state index in [4.69, 9.17) is 32.7 Å². The number of carbonyl (C=O) groups is 1. The highest BCUT2D eigenvalue weighted by molar-refractivity contribution is 6.35. The second kappa shape index (κ2) is 9.06. The molecule has 0 bridgehead atoms. The molecule has 1 unspecified atom stereocenters. The van der Waals surface area contributed by atoms with Crippen molar-refractivity contribution in [1.29, 1.82) is 0 Å². The van der Waals surface area contributed by atoms with Crippen LogP contribution in [0.4, 0.5) is 5.69 Å². The van der Waals surface area contributed by atoms with Crippen LogP contribution in [0.1, 0.15) is 12.5 Å². The standard InChI is InChI=1S/C23H20Cl2N4O3/c1-13-10-20-21(28-29(27-20)16-5-7-17(31-3)8-6-16)12-19(13)26-23(30)14(2)32-22-9-4-15(24)11-18(22)25/h4-12,14H,1-3H3,(H,26,30). The number of aryl methyl sites for hydroxylation is 1. The smallest absolute Gasteiger partial charge is 0.265 e. The Morgan fingerprint density at radius 2 is 1.72 bits per heavy atom. The molecule has 0 aliphatic heterocycles. The number of hydrogen-bond acceptors (Lipinski definition) is 5. The number of nitrogens with zero attached hydrogens (tertiary/aromatic N) is 3. The van der Waals surface area contributed by atoms with E-state index in [0.717, 1.165) is 17.0 Å². The first-order valence-electron chi connectivity index (χ1n) is 9.79. The number of rotatable bonds is 6. The molecule has 1 N–H and O–H groups in total. The molecule has 0 spiro atoms. The van der Waals surface area contributed by atoms with Gasteiger partial charge in [0.2, 0.25) is 0 Å². The van der Waals surface area contributed by atoms with Crippen molar-refractivity contribution in [2.75, 3.05) is 12.4 Å². The van der Waals surface area contributed by atoms with Gasteiger partial charge in [-0.2, -0.15) is 4.80 Å². The fourth-order valence-electron chi connectivity index (χ4n) is 3.08. The van der Waals surface area contributed by atoms with Crippen molar-refractivity contribution in [1.82, 2.24) is 15.0 Å². The van der Waals surface area contributed by atoms with Crippen molar-refractivity contribution in [2.24, 2.45) is 0 Å². The first kappa shape index (κ1) is 21.9. The maximum absolute atomic E-state index is 12.7. The molecule has 3 aromatic carbocycles. The van der Waals surface area contributed by atoms with E-state index >= 15 is 0 Å². The number of methoxy groups -OCH3 is 1. The molecule has 4 rings (SSSR count). The lowest BCUT2D eigenvalue weighted by molar-refractivity contribution is -0.122. The van der Waals surface area contributed by atoms with Gasteiger partial charge in [0.05, 0.1) is 17.8 Å². The second-order valence-corrected chi connectivity index (χ2v) is 8.01. The van der Waals surface area contributed by atoms with Gasteiger partial charge in [-0.15, -0.1) is 10.2 Å². The van der Waals surface area contributed by atoms with Gasteiger partial charge in [0.15, 0.2) is 6.10 Å². The summed E-state index contributed by atoms with van der Waals surface area (Å²) in [5.74, 6) is 0.817. The molecule has 0 saturated carbocycles. The average molecular weight is 471 g/mol. The minimum atomic E-state index is -0.779. The van der Waals surface area contributed by atoms with Crippen molar-refractivity contribution in [2.45, 2.75) is 20.0 Å². The Kier molecular flexibility index (Phi) is 6.21. The Labute approximate surface area is 194 Å². The molecule has 4 aromatic rings. The summed E-state index contributed by atoms with van der Waals surface area (Å²) in [5, 5.41) is 12.8. The fourth-order valence-corrected chi connectivity index (χ4v) is 3.54. The number of nitrogens with one attached hydrogen (secondary N) is 1. The van der Waals surface area contributed by atoms with Crippen LogP contribution in [-0.4, -0.2) is 34.1 Å². The Hall–Kier alpha value is -3.29. The number of ether oxygens (including phenoxy) is 2. The predicted molar refractivity (Wildman–Crippen MR) is 125 cm³/mol. The summed E-state index contributed by atoms with van der Waals surface area (Å²) in [4.78, 5) is 14.3. The first-order chi connectivity index (χ1) is 15.3. The van der Waals surface area contributed by atoms with Gasteiger partial charge in [0.25, 0.3) is 5.91 Å². The van der Waals surface area contributed by atoms with Crippen molar-refractivity contribution < 1.29 is 14.3 Å². The average Bonchev–Trinajstić information content (AvgIpc) is 3.18. The van der Waals surface area contributed by atoms with Crippen LogP contribution in [0.2, 0.25) is 10.0 Å². The molecule has 1 amide bonds. The van der Waals surface area contributed by atoms with Gasteiger partial charge in [0.1, 0.15) is 22.5 Å². The zero-order chi connectivity index (χ0) is 22.8. The number of carbonyl (C=O) groups excluding carboxylic acids is 1. The van der Waals surface area contributed by atoms with E-state index in [1.54, 1.807) is 43.1 Å². The molecule has 0 aliphatic rings. The molecule has 1 atom stereocenters. The highest BCUT2D eigenvalue weighted by Gasteiger charge is 2.18. The van der Waals surface area contributed by atoms with Gasteiger partial charge < -0.3 is 14.8 Å². The normalized spacial score (nSPS) is 11.9. The van der Waals surface area contributed by atoms with Crippen LogP contribution < -0.4 is 14.8 Å². The third kappa shape index (κ3) is 4.64. The summed E-state index contributed by atoms with van der Waals surface area (Å²) in [6.45, 7) is 3.54. The molecule has 9 heteroatoms. The van der Waals surface area contributed by atoms with E-state index in [-0.39, 0.29) is 5.91 Å². The molecule has 0 radical (unpaired) electrons. The summed E-state index contributed by atoms with van der Waals surface area (Å²) in [5.41, 5.74) is 3.64. The molecular formula is C23H20Cl2N4O3. The number of aromatic nitrogens is 3. The highest BCUT2D eigenvalue weighted by Crippen LogP contribution is 2.29. The van der Waals surface area contributed by atoms with Gasteiger partial charge in [-0.1, -0.05) is 23.2 Å². The van der Waals surface area contributed by atoms with Gasteiger partial charge in [-0.3, -0.25) is 4.79 Å². The molecule has 32 heavy (non-hydrogen) atoms. The summed E-state index contributed by atoms with van der Waals surface area (Å²) >= 11 is 12.0. The maximum Gasteiger partial charge on any atom is 0.265 e. The van der Waals surface area contributed by atoms with Crippen LogP contribution >= 0.6 is 23.2 Å². The number of halogens is 2. The minimum Gasteiger partial charge on any atom is -0.497 e.